The maximum atomic E-state index is 12.6. The number of hydrogen-bond donors (Lipinski definition) is 0. The Balaban J connectivity index is 2.57. The molecule has 0 amide bonds. The number of carbonyl (C=O) groups is 2. The van der Waals surface area contributed by atoms with E-state index in [9.17, 15) is 9.59 Å². The quantitative estimate of drug-likeness (QED) is 0.483. The maximum Gasteiger partial charge on any atom is 0.308 e. The van der Waals surface area contributed by atoms with Crippen LogP contribution in [0.5, 0.6) is 17.2 Å². The smallest absolute Gasteiger partial charge is 0.308 e. The molecule has 0 saturated heterocycles. The van der Waals surface area contributed by atoms with Gasteiger partial charge in [-0.15, -0.1) is 0 Å². The molecule has 0 unspecified atom stereocenters. The van der Waals surface area contributed by atoms with Gasteiger partial charge in [-0.2, -0.15) is 0 Å². The SMILES string of the molecule is COc1ccc(C(=O)c2ccccc2)c(OC)c1OC(C)=O. The number of rotatable bonds is 5. The lowest BCUT2D eigenvalue weighted by molar-refractivity contribution is -0.132. The molecule has 22 heavy (non-hydrogen) atoms. The normalized spacial score (nSPS) is 9.95. The van der Waals surface area contributed by atoms with Gasteiger partial charge in [-0.3, -0.25) is 9.59 Å². The molecule has 0 spiro atoms. The van der Waals surface area contributed by atoms with Crippen LogP contribution in [0.4, 0.5) is 0 Å². The van der Waals surface area contributed by atoms with E-state index in [1.165, 1.54) is 21.1 Å². The second kappa shape index (κ2) is 6.76. The van der Waals surface area contributed by atoms with Gasteiger partial charge in [0.2, 0.25) is 5.75 Å². The Bertz CT molecular complexity index is 692. The summed E-state index contributed by atoms with van der Waals surface area (Å²) in [4.78, 5) is 23.9. The van der Waals surface area contributed by atoms with Crippen molar-refractivity contribution in [2.45, 2.75) is 6.92 Å². The minimum Gasteiger partial charge on any atom is -0.493 e. The van der Waals surface area contributed by atoms with E-state index in [1.807, 2.05) is 6.07 Å². The largest absolute Gasteiger partial charge is 0.493 e. The van der Waals surface area contributed by atoms with Crippen molar-refractivity contribution in [1.29, 1.82) is 0 Å². The van der Waals surface area contributed by atoms with E-state index in [-0.39, 0.29) is 17.3 Å². The van der Waals surface area contributed by atoms with Crippen LogP contribution < -0.4 is 14.2 Å². The van der Waals surface area contributed by atoms with Crippen molar-refractivity contribution in [3.05, 3.63) is 53.6 Å². The van der Waals surface area contributed by atoms with E-state index in [0.717, 1.165) is 0 Å². The van der Waals surface area contributed by atoms with Crippen LogP contribution in [0.15, 0.2) is 42.5 Å². The van der Waals surface area contributed by atoms with Gasteiger partial charge >= 0.3 is 5.97 Å². The first kappa shape index (κ1) is 15.6. The molecular formula is C17H16O5. The highest BCUT2D eigenvalue weighted by Gasteiger charge is 2.23. The van der Waals surface area contributed by atoms with Gasteiger partial charge in [-0.1, -0.05) is 30.3 Å². The lowest BCUT2D eigenvalue weighted by Gasteiger charge is -2.15. The van der Waals surface area contributed by atoms with E-state index in [2.05, 4.69) is 0 Å². The van der Waals surface area contributed by atoms with Crippen LogP contribution in [0.2, 0.25) is 0 Å². The Labute approximate surface area is 128 Å². The first-order valence-corrected chi connectivity index (χ1v) is 6.61. The van der Waals surface area contributed by atoms with Crippen LogP contribution in [-0.4, -0.2) is 26.0 Å². The van der Waals surface area contributed by atoms with Crippen molar-refractivity contribution in [2.24, 2.45) is 0 Å². The summed E-state index contributed by atoms with van der Waals surface area (Å²) in [5.41, 5.74) is 0.811. The lowest BCUT2D eigenvalue weighted by atomic mass is 10.0. The Morgan fingerprint density at radius 3 is 2.09 bits per heavy atom. The van der Waals surface area contributed by atoms with Crippen molar-refractivity contribution in [2.75, 3.05) is 14.2 Å². The average molecular weight is 300 g/mol. The van der Waals surface area contributed by atoms with E-state index >= 15 is 0 Å². The number of benzene rings is 2. The molecular weight excluding hydrogens is 284 g/mol. The van der Waals surface area contributed by atoms with E-state index in [0.29, 0.717) is 16.9 Å². The first-order valence-electron chi connectivity index (χ1n) is 6.61. The van der Waals surface area contributed by atoms with E-state index in [4.69, 9.17) is 14.2 Å². The second-order valence-corrected chi connectivity index (χ2v) is 4.47. The molecule has 2 rings (SSSR count). The molecule has 0 heterocycles. The number of carbonyl (C=O) groups excluding carboxylic acids is 2. The highest BCUT2D eigenvalue weighted by atomic mass is 16.6. The topological polar surface area (TPSA) is 61.8 Å². The molecule has 0 atom stereocenters. The summed E-state index contributed by atoms with van der Waals surface area (Å²) in [5, 5.41) is 0. The van der Waals surface area contributed by atoms with Crippen LogP contribution in [0.1, 0.15) is 22.8 Å². The maximum absolute atomic E-state index is 12.6. The fraction of sp³-hybridized carbons (Fsp3) is 0.176. The van der Waals surface area contributed by atoms with Crippen molar-refractivity contribution in [1.82, 2.24) is 0 Å². The fourth-order valence-corrected chi connectivity index (χ4v) is 2.07. The number of methoxy groups -OCH3 is 2. The molecule has 0 aliphatic heterocycles. The van der Waals surface area contributed by atoms with Gasteiger partial charge in [-0.25, -0.2) is 0 Å². The highest BCUT2D eigenvalue weighted by molar-refractivity contribution is 6.11. The van der Waals surface area contributed by atoms with Gasteiger partial charge in [0.1, 0.15) is 0 Å². The third-order valence-corrected chi connectivity index (χ3v) is 3.03. The molecule has 0 aliphatic carbocycles. The molecule has 114 valence electrons. The van der Waals surface area contributed by atoms with Gasteiger partial charge in [0.25, 0.3) is 0 Å². The number of ether oxygens (including phenoxy) is 3. The van der Waals surface area contributed by atoms with Crippen molar-refractivity contribution in [3.8, 4) is 17.2 Å². The Hall–Kier alpha value is -2.82. The van der Waals surface area contributed by atoms with E-state index < -0.39 is 5.97 Å². The Morgan fingerprint density at radius 2 is 1.55 bits per heavy atom. The molecule has 0 aromatic heterocycles. The zero-order valence-electron chi connectivity index (χ0n) is 12.6. The number of esters is 1. The zero-order valence-corrected chi connectivity index (χ0v) is 12.6. The molecule has 0 fully saturated rings. The van der Waals surface area contributed by atoms with Crippen molar-refractivity contribution in [3.63, 3.8) is 0 Å². The average Bonchev–Trinajstić information content (AvgIpc) is 2.54. The molecule has 5 heteroatoms. The Morgan fingerprint density at radius 1 is 0.864 bits per heavy atom. The summed E-state index contributed by atoms with van der Waals surface area (Å²) >= 11 is 0. The second-order valence-electron chi connectivity index (χ2n) is 4.47. The Kier molecular flexibility index (Phi) is 4.78. The van der Waals surface area contributed by atoms with Crippen LogP contribution in [0.3, 0.4) is 0 Å². The summed E-state index contributed by atoms with van der Waals surface area (Å²) in [5.74, 6) is -0.172. The van der Waals surface area contributed by atoms with Gasteiger partial charge in [0.15, 0.2) is 17.3 Å². The van der Waals surface area contributed by atoms with Crippen molar-refractivity contribution < 1.29 is 23.8 Å². The minimum atomic E-state index is -0.527. The van der Waals surface area contributed by atoms with Gasteiger partial charge in [0, 0.05) is 12.5 Å². The van der Waals surface area contributed by atoms with Crippen LogP contribution in [-0.2, 0) is 4.79 Å². The number of hydrogen-bond acceptors (Lipinski definition) is 5. The summed E-state index contributed by atoms with van der Waals surface area (Å²) in [6.07, 6.45) is 0. The third kappa shape index (κ3) is 3.09. The lowest BCUT2D eigenvalue weighted by Crippen LogP contribution is -2.09. The number of ketones is 1. The monoisotopic (exact) mass is 300 g/mol. The van der Waals surface area contributed by atoms with Gasteiger partial charge in [0.05, 0.1) is 19.8 Å². The summed E-state index contributed by atoms with van der Waals surface area (Å²) in [6, 6.07) is 11.9. The predicted octanol–water partition coefficient (Wildman–Crippen LogP) is 2.86. The molecule has 0 radical (unpaired) electrons. The van der Waals surface area contributed by atoms with Crippen molar-refractivity contribution >= 4 is 11.8 Å². The third-order valence-electron chi connectivity index (χ3n) is 3.03. The fourth-order valence-electron chi connectivity index (χ4n) is 2.07. The zero-order chi connectivity index (χ0) is 16.1. The first-order chi connectivity index (χ1) is 10.6. The predicted molar refractivity (Wildman–Crippen MR) is 80.7 cm³/mol. The summed E-state index contributed by atoms with van der Waals surface area (Å²) in [6.45, 7) is 1.27. The molecule has 0 aliphatic rings. The minimum absolute atomic E-state index is 0.0966. The molecule has 2 aromatic carbocycles. The molecule has 5 nitrogen and oxygen atoms in total. The standard InChI is InChI=1S/C17H16O5/c1-11(18)22-17-14(20-2)10-9-13(16(17)21-3)15(19)12-7-5-4-6-8-12/h4-10H,1-3H3. The summed E-state index contributed by atoms with van der Waals surface area (Å²) in [7, 11) is 2.85. The van der Waals surface area contributed by atoms with Crippen LogP contribution in [0.25, 0.3) is 0 Å². The molecule has 2 aromatic rings. The highest BCUT2D eigenvalue weighted by Crippen LogP contribution is 2.40. The van der Waals surface area contributed by atoms with Crippen LogP contribution >= 0.6 is 0 Å². The molecule has 0 bridgehead atoms. The van der Waals surface area contributed by atoms with Gasteiger partial charge < -0.3 is 14.2 Å². The van der Waals surface area contributed by atoms with Gasteiger partial charge in [-0.05, 0) is 12.1 Å². The summed E-state index contributed by atoms with van der Waals surface area (Å²) < 4.78 is 15.6. The molecule has 0 saturated carbocycles. The van der Waals surface area contributed by atoms with E-state index in [1.54, 1.807) is 36.4 Å². The molecule has 0 N–H and O–H groups in total. The van der Waals surface area contributed by atoms with Crippen LogP contribution in [0, 0.1) is 0 Å².